The molecule has 4 aromatic rings. The molecule has 7 rings (SSSR count). The molecule has 208 valence electrons. The van der Waals surface area contributed by atoms with Crippen molar-refractivity contribution >= 4 is 27.8 Å². The van der Waals surface area contributed by atoms with Gasteiger partial charge in [-0.3, -0.25) is 9.88 Å². The molecule has 2 bridgehead atoms. The zero-order valence-electron chi connectivity index (χ0n) is 23.1. The molecule has 3 saturated heterocycles. The number of benzene rings is 3. The summed E-state index contributed by atoms with van der Waals surface area (Å²) in [4.78, 5) is 19.5. The Bertz CT molecular complexity index is 1500. The molecule has 0 radical (unpaired) electrons. The van der Waals surface area contributed by atoms with Crippen LogP contribution < -0.4 is 10.1 Å². The second kappa shape index (κ2) is 11.4. The number of amides is 1. The van der Waals surface area contributed by atoms with E-state index < -0.39 is 6.10 Å². The van der Waals surface area contributed by atoms with E-state index in [1.165, 1.54) is 0 Å². The second-order valence-electron chi connectivity index (χ2n) is 11.2. The molecule has 3 aliphatic rings. The molecule has 6 atom stereocenters. The van der Waals surface area contributed by atoms with Crippen molar-refractivity contribution in [2.45, 2.75) is 44.4 Å². The van der Waals surface area contributed by atoms with Crippen molar-refractivity contribution in [3.05, 3.63) is 84.1 Å². The number of aromatic nitrogens is 1. The fraction of sp³-hybridized carbons (Fsp3) is 0.394. The Labute approximate surface area is 235 Å². The maximum absolute atomic E-state index is 12.6. The van der Waals surface area contributed by atoms with Gasteiger partial charge in [-0.1, -0.05) is 42.5 Å². The van der Waals surface area contributed by atoms with Crippen LogP contribution in [-0.4, -0.2) is 53.9 Å². The van der Waals surface area contributed by atoms with Crippen LogP contribution in [0.25, 0.3) is 21.7 Å². The number of aliphatic hydroxyl groups excluding tert-OH is 1. The highest BCUT2D eigenvalue weighted by Crippen LogP contribution is 2.43. The van der Waals surface area contributed by atoms with E-state index >= 15 is 0 Å². The van der Waals surface area contributed by atoms with Crippen molar-refractivity contribution in [2.24, 2.45) is 11.8 Å². The maximum Gasteiger partial charge on any atom is 0.407 e. The van der Waals surface area contributed by atoms with Gasteiger partial charge in [0.05, 0.1) is 31.4 Å². The average Bonchev–Trinajstić information content (AvgIpc) is 3.00. The van der Waals surface area contributed by atoms with Gasteiger partial charge in [-0.15, -0.1) is 0 Å². The lowest BCUT2D eigenvalue weighted by atomic mass is 9.72. The minimum absolute atomic E-state index is 0.0672. The molecule has 7 nitrogen and oxygen atoms in total. The standard InChI is InChI=1S/C33H37N3O4/c1-21(26-9-5-7-22-6-3-4-8-27(22)26)35-33(38)40-17-14-24-20-36-16-13-23(24)18-31(36)32(37)28-12-15-34-30-11-10-25(39-2)19-29(28)30/h3-12,15,19,21,23-24,31-32,37H,13-14,16-18,20H2,1-2H3,(H,35,38)/t21-,23+,24+,31+,32-/m1/s1. The average molecular weight is 540 g/mol. The number of nitrogens with one attached hydrogen (secondary N) is 1. The topological polar surface area (TPSA) is 83.9 Å². The molecular formula is C33H37N3O4. The number of alkyl carbamates (subject to hydrolysis) is 1. The zero-order valence-corrected chi connectivity index (χ0v) is 23.1. The maximum atomic E-state index is 12.6. The van der Waals surface area contributed by atoms with Crippen LogP contribution in [0.2, 0.25) is 0 Å². The third-order valence-corrected chi connectivity index (χ3v) is 8.95. The van der Waals surface area contributed by atoms with Gasteiger partial charge >= 0.3 is 6.09 Å². The van der Waals surface area contributed by atoms with Crippen molar-refractivity contribution < 1.29 is 19.4 Å². The molecule has 7 heteroatoms. The molecule has 1 unspecified atom stereocenters. The summed E-state index contributed by atoms with van der Waals surface area (Å²) in [6, 6.07) is 22.0. The van der Waals surface area contributed by atoms with Gasteiger partial charge in [0.1, 0.15) is 5.75 Å². The zero-order chi connectivity index (χ0) is 27.6. The van der Waals surface area contributed by atoms with Crippen molar-refractivity contribution in [1.29, 1.82) is 0 Å². The van der Waals surface area contributed by atoms with E-state index in [0.717, 1.165) is 70.9 Å². The normalized spacial score (nSPS) is 23.6. The summed E-state index contributed by atoms with van der Waals surface area (Å²) in [6.45, 7) is 4.28. The predicted molar refractivity (Wildman–Crippen MR) is 156 cm³/mol. The van der Waals surface area contributed by atoms with Crippen molar-refractivity contribution in [3.63, 3.8) is 0 Å². The molecule has 3 aliphatic heterocycles. The Morgan fingerprint density at radius 3 is 2.77 bits per heavy atom. The highest BCUT2D eigenvalue weighted by molar-refractivity contribution is 5.86. The second-order valence-corrected chi connectivity index (χ2v) is 11.2. The number of hydrogen-bond acceptors (Lipinski definition) is 6. The first-order valence-electron chi connectivity index (χ1n) is 14.3. The number of rotatable bonds is 8. The Kier molecular flexibility index (Phi) is 7.59. The highest BCUT2D eigenvalue weighted by Gasteiger charge is 2.43. The molecule has 3 aromatic carbocycles. The van der Waals surface area contributed by atoms with E-state index in [4.69, 9.17) is 9.47 Å². The molecule has 0 saturated carbocycles. The Morgan fingerprint density at radius 1 is 1.10 bits per heavy atom. The SMILES string of the molecule is COc1ccc2nccc([C@@H](O)[C@@H]3C[C@@H]4CCN3C[C@@H]4CCOC(=O)N[C@H](C)c3cccc4ccccc34)c2c1. The van der Waals surface area contributed by atoms with Gasteiger partial charge in [-0.2, -0.15) is 0 Å². The summed E-state index contributed by atoms with van der Waals surface area (Å²) in [5, 5.41) is 17.8. The Hall–Kier alpha value is -3.68. The third-order valence-electron chi connectivity index (χ3n) is 8.95. The molecule has 2 N–H and O–H groups in total. The number of aliphatic hydroxyl groups is 1. The number of piperidine rings is 3. The lowest BCUT2D eigenvalue weighted by molar-refractivity contribution is -0.0603. The fourth-order valence-corrected chi connectivity index (χ4v) is 6.80. The van der Waals surface area contributed by atoms with Crippen LogP contribution in [0.4, 0.5) is 4.79 Å². The first-order valence-corrected chi connectivity index (χ1v) is 14.3. The summed E-state index contributed by atoms with van der Waals surface area (Å²) in [6.07, 6.45) is 3.67. The minimum atomic E-state index is -0.598. The lowest BCUT2D eigenvalue weighted by Gasteiger charge is -2.51. The van der Waals surface area contributed by atoms with Crippen LogP contribution in [0.5, 0.6) is 5.75 Å². The van der Waals surface area contributed by atoms with Gasteiger partial charge in [0.15, 0.2) is 0 Å². The number of nitrogens with zero attached hydrogens (tertiary/aromatic N) is 2. The molecular weight excluding hydrogens is 502 g/mol. The van der Waals surface area contributed by atoms with Crippen molar-refractivity contribution in [3.8, 4) is 5.75 Å². The number of pyridine rings is 1. The highest BCUT2D eigenvalue weighted by atomic mass is 16.5. The monoisotopic (exact) mass is 539 g/mol. The fourth-order valence-electron chi connectivity index (χ4n) is 6.80. The number of methoxy groups -OCH3 is 1. The quantitative estimate of drug-likeness (QED) is 0.285. The van der Waals surface area contributed by atoms with E-state index in [-0.39, 0.29) is 18.2 Å². The van der Waals surface area contributed by atoms with Crippen LogP contribution >= 0.6 is 0 Å². The molecule has 0 spiro atoms. The van der Waals surface area contributed by atoms with Gasteiger partial charge in [0, 0.05) is 24.2 Å². The molecule has 1 amide bonds. The summed E-state index contributed by atoms with van der Waals surface area (Å²) >= 11 is 0. The molecule has 1 aromatic heterocycles. The molecule has 4 heterocycles. The van der Waals surface area contributed by atoms with E-state index in [2.05, 4.69) is 39.5 Å². The van der Waals surface area contributed by atoms with E-state index in [9.17, 15) is 9.90 Å². The van der Waals surface area contributed by atoms with Crippen LogP contribution in [0.15, 0.2) is 72.9 Å². The van der Waals surface area contributed by atoms with Gasteiger partial charge in [0.25, 0.3) is 0 Å². The smallest absolute Gasteiger partial charge is 0.407 e. The number of carbonyl (C=O) groups is 1. The number of hydrogen-bond donors (Lipinski definition) is 2. The number of fused-ring (bicyclic) bond motifs is 5. The van der Waals surface area contributed by atoms with Gasteiger partial charge in [-0.05, 0) is 90.7 Å². The summed E-state index contributed by atoms with van der Waals surface area (Å²) < 4.78 is 11.1. The third kappa shape index (κ3) is 5.23. The number of carbonyl (C=O) groups excluding carboxylic acids is 1. The van der Waals surface area contributed by atoms with Crippen molar-refractivity contribution in [2.75, 3.05) is 26.8 Å². The molecule has 40 heavy (non-hydrogen) atoms. The summed E-state index contributed by atoms with van der Waals surface area (Å²) in [5.74, 6) is 1.72. The van der Waals surface area contributed by atoms with E-state index in [0.29, 0.717) is 18.4 Å². The predicted octanol–water partition coefficient (Wildman–Crippen LogP) is 6.02. The molecule has 0 aliphatic carbocycles. The van der Waals surface area contributed by atoms with E-state index in [1.807, 2.05) is 49.4 Å². The Balaban J connectivity index is 1.04. The Morgan fingerprint density at radius 2 is 1.95 bits per heavy atom. The first kappa shape index (κ1) is 26.5. The van der Waals surface area contributed by atoms with Gasteiger partial charge in [0.2, 0.25) is 0 Å². The van der Waals surface area contributed by atoms with Gasteiger partial charge in [-0.25, -0.2) is 4.79 Å². The largest absolute Gasteiger partial charge is 0.497 e. The van der Waals surface area contributed by atoms with Crippen LogP contribution in [-0.2, 0) is 4.74 Å². The first-order chi connectivity index (χ1) is 19.5. The summed E-state index contributed by atoms with van der Waals surface area (Å²) in [5.41, 5.74) is 2.84. The van der Waals surface area contributed by atoms with E-state index in [1.54, 1.807) is 13.3 Å². The van der Waals surface area contributed by atoms with Crippen LogP contribution in [0, 0.1) is 11.8 Å². The van der Waals surface area contributed by atoms with Crippen LogP contribution in [0.3, 0.4) is 0 Å². The molecule has 3 fully saturated rings. The lowest BCUT2D eigenvalue weighted by Crippen LogP contribution is -2.55. The number of ether oxygens (including phenoxy) is 2. The van der Waals surface area contributed by atoms with Crippen molar-refractivity contribution in [1.82, 2.24) is 15.2 Å². The minimum Gasteiger partial charge on any atom is -0.497 e. The summed E-state index contributed by atoms with van der Waals surface area (Å²) in [7, 11) is 1.65. The van der Waals surface area contributed by atoms with Gasteiger partial charge < -0.3 is 19.9 Å². The van der Waals surface area contributed by atoms with Crippen LogP contribution in [0.1, 0.15) is 49.5 Å².